The predicted molar refractivity (Wildman–Crippen MR) is 159 cm³/mol. The summed E-state index contributed by atoms with van der Waals surface area (Å²) >= 11 is 6.55. The lowest BCUT2D eigenvalue weighted by atomic mass is 9.79. The van der Waals surface area contributed by atoms with E-state index in [0.717, 1.165) is 18.9 Å². The van der Waals surface area contributed by atoms with Crippen LogP contribution in [0.3, 0.4) is 0 Å². The molecule has 1 heterocycles. The molecule has 0 saturated carbocycles. The van der Waals surface area contributed by atoms with E-state index in [-0.39, 0.29) is 52.8 Å². The number of ether oxygens (including phenoxy) is 3. The number of nitrogens with one attached hydrogen (secondary N) is 1. The van der Waals surface area contributed by atoms with E-state index in [1.54, 1.807) is 20.8 Å². The van der Waals surface area contributed by atoms with Gasteiger partial charge in [0.05, 0.1) is 29.3 Å². The molecular weight excluding hydrogens is 578 g/mol. The Morgan fingerprint density at radius 2 is 1.93 bits per heavy atom. The Bertz CT molecular complexity index is 1520. The Morgan fingerprint density at radius 3 is 2.56 bits per heavy atom. The highest BCUT2D eigenvalue weighted by Gasteiger charge is 2.50. The second-order valence-electron chi connectivity index (χ2n) is 11.4. The molecule has 2 atom stereocenters. The Labute approximate surface area is 255 Å². The smallest absolute Gasteiger partial charge is 0.408 e. The predicted octanol–water partition coefficient (Wildman–Crippen LogP) is 7.44. The first-order chi connectivity index (χ1) is 20.5. The average Bonchev–Trinajstić information content (AvgIpc) is 3.35. The van der Waals surface area contributed by atoms with Crippen molar-refractivity contribution in [1.82, 2.24) is 5.32 Å². The average molecular weight is 613 g/mol. The van der Waals surface area contributed by atoms with E-state index in [0.29, 0.717) is 17.5 Å². The van der Waals surface area contributed by atoms with Gasteiger partial charge < -0.3 is 24.6 Å². The molecule has 228 valence electrons. The molecular formula is C33H35ClF2N2O5. The van der Waals surface area contributed by atoms with Gasteiger partial charge in [-0.25, -0.2) is 13.6 Å². The Balaban J connectivity index is 1.94. The molecule has 1 amide bonds. The number of nitriles is 1. The third-order valence-corrected chi connectivity index (χ3v) is 7.58. The molecule has 3 aromatic rings. The lowest BCUT2D eigenvalue weighted by Gasteiger charge is -2.38. The number of halogens is 3. The summed E-state index contributed by atoms with van der Waals surface area (Å²) in [5.41, 5.74) is -1.30. The Kier molecular flexibility index (Phi) is 9.83. The minimum absolute atomic E-state index is 0.0375. The minimum Gasteiger partial charge on any atom is -0.488 e. The van der Waals surface area contributed by atoms with Gasteiger partial charge in [-0.15, -0.1) is 0 Å². The quantitative estimate of drug-likeness (QED) is 0.247. The fourth-order valence-corrected chi connectivity index (χ4v) is 5.64. The van der Waals surface area contributed by atoms with Crippen LogP contribution in [0.1, 0.15) is 63.6 Å². The molecule has 4 rings (SSSR count). The molecule has 3 aromatic carbocycles. The maximum absolute atomic E-state index is 16.0. The van der Waals surface area contributed by atoms with E-state index >= 15 is 8.78 Å². The van der Waals surface area contributed by atoms with Gasteiger partial charge in [-0.05, 0) is 44.9 Å². The van der Waals surface area contributed by atoms with Crippen molar-refractivity contribution in [2.24, 2.45) is 0 Å². The summed E-state index contributed by atoms with van der Waals surface area (Å²) < 4.78 is 49.1. The minimum atomic E-state index is -1.25. The fourth-order valence-electron chi connectivity index (χ4n) is 5.38. The largest absolute Gasteiger partial charge is 0.488 e. The van der Waals surface area contributed by atoms with Gasteiger partial charge >= 0.3 is 6.09 Å². The number of carbonyl (C=O) groups excluding carboxylic acids is 1. The molecule has 1 unspecified atom stereocenters. The lowest BCUT2D eigenvalue weighted by molar-refractivity contribution is 0.0184. The van der Waals surface area contributed by atoms with Gasteiger partial charge in [-0.1, -0.05) is 61.7 Å². The SMILES string of the molecule is CCCC[C@H](NC(=O)OC(C)(C)C)C1(c2ccccc2)Cc2c(cc(F)c(Cl)c2-c2c(C#N)ccc(OCCO)c2F)O1. The van der Waals surface area contributed by atoms with Gasteiger partial charge in [0.25, 0.3) is 0 Å². The Morgan fingerprint density at radius 1 is 1.21 bits per heavy atom. The zero-order chi connectivity index (χ0) is 31.4. The van der Waals surface area contributed by atoms with Crippen molar-refractivity contribution in [2.75, 3.05) is 13.2 Å². The number of aliphatic hydroxyl groups excluding tert-OH is 1. The van der Waals surface area contributed by atoms with E-state index in [4.69, 9.17) is 25.8 Å². The van der Waals surface area contributed by atoms with Gasteiger partial charge in [0.1, 0.15) is 23.8 Å². The van der Waals surface area contributed by atoms with E-state index in [9.17, 15) is 15.2 Å². The van der Waals surface area contributed by atoms with Crippen molar-refractivity contribution >= 4 is 17.7 Å². The van der Waals surface area contributed by atoms with Crippen LogP contribution in [0.4, 0.5) is 13.6 Å². The molecule has 2 N–H and O–H groups in total. The van der Waals surface area contributed by atoms with Crippen molar-refractivity contribution in [2.45, 2.75) is 70.6 Å². The van der Waals surface area contributed by atoms with E-state index in [1.165, 1.54) is 12.1 Å². The van der Waals surface area contributed by atoms with Crippen molar-refractivity contribution in [1.29, 1.82) is 5.26 Å². The summed E-state index contributed by atoms with van der Waals surface area (Å²) in [5, 5.41) is 21.7. The molecule has 0 spiro atoms. The highest BCUT2D eigenvalue weighted by molar-refractivity contribution is 6.34. The second-order valence-corrected chi connectivity index (χ2v) is 11.8. The number of hydrogen-bond acceptors (Lipinski definition) is 6. The normalized spacial score (nSPS) is 16.5. The first kappa shape index (κ1) is 32.1. The molecule has 1 aliphatic heterocycles. The molecule has 0 aliphatic carbocycles. The van der Waals surface area contributed by atoms with Crippen LogP contribution >= 0.6 is 11.6 Å². The third kappa shape index (κ3) is 6.71. The second kappa shape index (κ2) is 13.2. The lowest BCUT2D eigenvalue weighted by Crippen LogP contribution is -2.54. The van der Waals surface area contributed by atoms with E-state index in [1.807, 2.05) is 43.3 Å². The zero-order valence-electron chi connectivity index (χ0n) is 24.6. The van der Waals surface area contributed by atoms with Crippen LogP contribution in [-0.4, -0.2) is 36.1 Å². The topological polar surface area (TPSA) is 101 Å². The summed E-state index contributed by atoms with van der Waals surface area (Å²) in [6.45, 7) is 6.77. The van der Waals surface area contributed by atoms with Gasteiger partial charge in [0.15, 0.2) is 17.2 Å². The summed E-state index contributed by atoms with van der Waals surface area (Å²) in [5.74, 6) is -1.90. The first-order valence-electron chi connectivity index (χ1n) is 14.2. The highest BCUT2D eigenvalue weighted by atomic mass is 35.5. The molecule has 0 saturated heterocycles. The van der Waals surface area contributed by atoms with Crippen LogP contribution in [-0.2, 0) is 16.8 Å². The summed E-state index contributed by atoms with van der Waals surface area (Å²) in [6.07, 6.45) is 1.48. The monoisotopic (exact) mass is 612 g/mol. The highest BCUT2D eigenvalue weighted by Crippen LogP contribution is 2.52. The molecule has 0 radical (unpaired) electrons. The number of benzene rings is 3. The number of rotatable bonds is 10. The van der Waals surface area contributed by atoms with Gasteiger partial charge in [-0.3, -0.25) is 0 Å². The maximum atomic E-state index is 16.0. The molecule has 7 nitrogen and oxygen atoms in total. The molecule has 0 fully saturated rings. The van der Waals surface area contributed by atoms with Crippen molar-refractivity contribution in [3.63, 3.8) is 0 Å². The number of nitrogens with zero attached hydrogens (tertiary/aromatic N) is 1. The summed E-state index contributed by atoms with van der Waals surface area (Å²) in [7, 11) is 0. The van der Waals surface area contributed by atoms with E-state index < -0.39 is 35.0 Å². The van der Waals surface area contributed by atoms with Crippen LogP contribution in [0.15, 0.2) is 48.5 Å². The number of fused-ring (bicyclic) bond motifs is 1. The number of unbranched alkanes of at least 4 members (excludes halogenated alkanes) is 1. The zero-order valence-corrected chi connectivity index (χ0v) is 25.4. The van der Waals surface area contributed by atoms with Crippen LogP contribution in [0.25, 0.3) is 11.1 Å². The number of carbonyl (C=O) groups is 1. The standard InChI is InChI=1S/C33H35ClF2N2O5/c1-5-6-12-26(38-31(40)43-32(2,3)4)33(21-10-8-7-9-11-21)18-22-25(42-33)17-23(35)29(34)28(22)27-20(19-37)13-14-24(30(27)36)41-16-15-39/h7-11,13-14,17,26,39H,5-6,12,15-16,18H2,1-4H3,(H,38,40)/t26-,33?/m0/s1. The maximum Gasteiger partial charge on any atom is 0.408 e. The Hall–Kier alpha value is -3.87. The molecule has 0 bridgehead atoms. The molecule has 1 aliphatic rings. The van der Waals surface area contributed by atoms with Crippen LogP contribution < -0.4 is 14.8 Å². The number of aliphatic hydroxyl groups is 1. The van der Waals surface area contributed by atoms with Gasteiger partial charge in [0, 0.05) is 29.2 Å². The first-order valence-corrected chi connectivity index (χ1v) is 14.5. The molecule has 43 heavy (non-hydrogen) atoms. The molecule has 0 aromatic heterocycles. The fraction of sp³-hybridized carbons (Fsp3) is 0.394. The van der Waals surface area contributed by atoms with Crippen molar-refractivity contribution < 1.29 is 32.9 Å². The number of amides is 1. The number of hydrogen-bond donors (Lipinski definition) is 2. The molecule has 10 heteroatoms. The number of alkyl carbamates (subject to hydrolysis) is 1. The van der Waals surface area contributed by atoms with Gasteiger partial charge in [-0.2, -0.15) is 5.26 Å². The third-order valence-electron chi connectivity index (χ3n) is 7.21. The van der Waals surface area contributed by atoms with Crippen LogP contribution in [0.5, 0.6) is 11.5 Å². The van der Waals surface area contributed by atoms with E-state index in [2.05, 4.69) is 5.32 Å². The van der Waals surface area contributed by atoms with Crippen LogP contribution in [0, 0.1) is 23.0 Å². The van der Waals surface area contributed by atoms with Crippen molar-refractivity contribution in [3.8, 4) is 28.7 Å². The summed E-state index contributed by atoms with van der Waals surface area (Å²) in [4.78, 5) is 13.1. The van der Waals surface area contributed by atoms with Gasteiger partial charge in [0.2, 0.25) is 0 Å². The summed E-state index contributed by atoms with van der Waals surface area (Å²) in [6, 6.07) is 14.3. The van der Waals surface area contributed by atoms with Crippen molar-refractivity contribution in [3.05, 3.63) is 81.9 Å². The van der Waals surface area contributed by atoms with Crippen LogP contribution in [0.2, 0.25) is 5.02 Å².